The summed E-state index contributed by atoms with van der Waals surface area (Å²) in [5.74, 6) is 0. The molecule has 1 heteroatoms. The van der Waals surface area contributed by atoms with Gasteiger partial charge in [-0.15, -0.1) is 0 Å². The highest BCUT2D eigenvalue weighted by Gasteiger charge is 2.40. The predicted octanol–water partition coefficient (Wildman–Crippen LogP) is 5.33. The van der Waals surface area contributed by atoms with Gasteiger partial charge in [0.25, 0.3) is 0 Å². The predicted molar refractivity (Wildman–Crippen MR) is 75.4 cm³/mol. The van der Waals surface area contributed by atoms with Crippen molar-refractivity contribution in [2.24, 2.45) is 5.41 Å². The Morgan fingerprint density at radius 3 is 1.53 bits per heavy atom. The molecule has 1 nitrogen and oxygen atoms in total. The van der Waals surface area contributed by atoms with E-state index in [9.17, 15) is 0 Å². The van der Waals surface area contributed by atoms with Gasteiger partial charge in [-0.25, -0.2) is 0 Å². The highest BCUT2D eigenvalue weighted by atomic mass is 16.5. The fourth-order valence-electron chi connectivity index (χ4n) is 3.07. The third-order valence-corrected chi connectivity index (χ3v) is 5.09. The lowest BCUT2D eigenvalue weighted by Crippen LogP contribution is -2.43. The van der Waals surface area contributed by atoms with Gasteiger partial charge in [0.05, 0.1) is 5.60 Å². The summed E-state index contributed by atoms with van der Waals surface area (Å²) in [6, 6.07) is 0. The second kappa shape index (κ2) is 6.78. The summed E-state index contributed by atoms with van der Waals surface area (Å²) in [7, 11) is 1.90. The quantitative estimate of drug-likeness (QED) is 0.601. The summed E-state index contributed by atoms with van der Waals surface area (Å²) in [6.07, 6.45) is 13.7. The number of hydrogen-bond acceptors (Lipinski definition) is 1. The first kappa shape index (κ1) is 15.0. The van der Waals surface area contributed by atoms with E-state index in [0.717, 1.165) is 0 Å². The molecule has 1 aliphatic rings. The minimum atomic E-state index is 0.0617. The number of hydrogen-bond donors (Lipinski definition) is 0. The normalized spacial score (nSPS) is 32.5. The molecule has 0 N–H and O–H groups in total. The van der Waals surface area contributed by atoms with Crippen molar-refractivity contribution < 1.29 is 4.74 Å². The van der Waals surface area contributed by atoms with Gasteiger partial charge in [-0.1, -0.05) is 65.2 Å². The van der Waals surface area contributed by atoms with Gasteiger partial charge in [-0.2, -0.15) is 0 Å². The van der Waals surface area contributed by atoms with Crippen LogP contribution in [0.1, 0.15) is 85.0 Å². The molecule has 1 aliphatic carbocycles. The highest BCUT2D eigenvalue weighted by molar-refractivity contribution is 4.91. The molecule has 0 heterocycles. The molecule has 1 unspecified atom stereocenters. The third-order valence-electron chi connectivity index (χ3n) is 5.09. The van der Waals surface area contributed by atoms with Gasteiger partial charge in [-0.3, -0.25) is 0 Å². The van der Waals surface area contributed by atoms with Crippen LogP contribution in [0.3, 0.4) is 0 Å². The summed E-state index contributed by atoms with van der Waals surface area (Å²) in [4.78, 5) is 0. The van der Waals surface area contributed by atoms with Crippen LogP contribution >= 0.6 is 0 Å². The van der Waals surface area contributed by atoms with Gasteiger partial charge < -0.3 is 4.74 Å². The lowest BCUT2D eigenvalue weighted by Gasteiger charge is -2.44. The first-order valence-corrected chi connectivity index (χ1v) is 7.57. The maximum absolute atomic E-state index is 5.90. The number of rotatable bonds is 1. The van der Waals surface area contributed by atoms with Crippen LogP contribution in [0.4, 0.5) is 0 Å². The topological polar surface area (TPSA) is 9.23 Å². The van der Waals surface area contributed by atoms with Crippen molar-refractivity contribution in [2.75, 3.05) is 7.11 Å². The Balaban J connectivity index is 2.63. The van der Waals surface area contributed by atoms with Gasteiger partial charge >= 0.3 is 0 Å². The summed E-state index contributed by atoms with van der Waals surface area (Å²) >= 11 is 0. The van der Waals surface area contributed by atoms with E-state index in [2.05, 4.69) is 20.8 Å². The molecule has 1 fully saturated rings. The van der Waals surface area contributed by atoms with Gasteiger partial charge in [0.15, 0.2) is 0 Å². The zero-order valence-electron chi connectivity index (χ0n) is 12.5. The lowest BCUT2D eigenvalue weighted by molar-refractivity contribution is -0.0968. The molecule has 102 valence electrons. The van der Waals surface area contributed by atoms with E-state index < -0.39 is 0 Å². The maximum atomic E-state index is 5.90. The fourth-order valence-corrected chi connectivity index (χ4v) is 3.07. The molecule has 0 amide bonds. The summed E-state index contributed by atoms with van der Waals surface area (Å²) in [6.45, 7) is 7.10. The second-order valence-electron chi connectivity index (χ2n) is 6.65. The molecule has 1 atom stereocenters. The molecule has 0 aliphatic heterocycles. The van der Waals surface area contributed by atoms with Crippen molar-refractivity contribution in [1.82, 2.24) is 0 Å². The lowest BCUT2D eigenvalue weighted by atomic mass is 9.70. The minimum absolute atomic E-state index is 0.0617. The SMILES string of the molecule is COC1(C)CCCCCCCCCCC1(C)C. The van der Waals surface area contributed by atoms with E-state index >= 15 is 0 Å². The number of ether oxygens (including phenoxy) is 1. The number of methoxy groups -OCH3 is 1. The smallest absolute Gasteiger partial charge is 0.0701 e. The van der Waals surface area contributed by atoms with Gasteiger partial charge in [-0.05, 0) is 25.2 Å². The van der Waals surface area contributed by atoms with Crippen LogP contribution < -0.4 is 0 Å². The largest absolute Gasteiger partial charge is 0.378 e. The van der Waals surface area contributed by atoms with Crippen molar-refractivity contribution in [2.45, 2.75) is 90.6 Å². The van der Waals surface area contributed by atoms with Crippen LogP contribution in [0.25, 0.3) is 0 Å². The van der Waals surface area contributed by atoms with Crippen LogP contribution in [-0.2, 0) is 4.74 Å². The van der Waals surface area contributed by atoms with E-state index in [1.54, 1.807) is 0 Å². The van der Waals surface area contributed by atoms with Crippen LogP contribution in [0.5, 0.6) is 0 Å². The molecular weight excluding hydrogens is 208 g/mol. The molecule has 1 rings (SSSR count). The summed E-state index contributed by atoms with van der Waals surface area (Å²) in [5, 5.41) is 0. The molecule has 1 saturated carbocycles. The zero-order chi connectivity index (χ0) is 12.8. The van der Waals surface area contributed by atoms with E-state index in [-0.39, 0.29) is 5.60 Å². The van der Waals surface area contributed by atoms with Gasteiger partial charge in [0, 0.05) is 7.11 Å². The Bertz CT molecular complexity index is 210. The molecule has 0 radical (unpaired) electrons. The van der Waals surface area contributed by atoms with E-state index in [1.807, 2.05) is 7.11 Å². The molecule has 0 aromatic heterocycles. The monoisotopic (exact) mass is 240 g/mol. The van der Waals surface area contributed by atoms with Crippen LogP contribution in [-0.4, -0.2) is 12.7 Å². The highest BCUT2D eigenvalue weighted by Crippen LogP contribution is 2.42. The maximum Gasteiger partial charge on any atom is 0.0701 e. The molecule has 0 spiro atoms. The van der Waals surface area contributed by atoms with Crippen molar-refractivity contribution >= 4 is 0 Å². The second-order valence-corrected chi connectivity index (χ2v) is 6.65. The van der Waals surface area contributed by atoms with E-state index in [4.69, 9.17) is 4.74 Å². The Hall–Kier alpha value is -0.0400. The Kier molecular flexibility index (Phi) is 5.99. The van der Waals surface area contributed by atoms with Gasteiger partial charge in [0.1, 0.15) is 0 Å². The first-order valence-electron chi connectivity index (χ1n) is 7.57. The molecule has 17 heavy (non-hydrogen) atoms. The standard InChI is InChI=1S/C16H32O/c1-15(2)13-11-9-7-5-6-8-10-12-14-16(15,3)17-4/h5-14H2,1-4H3. The molecular formula is C16H32O. The third kappa shape index (κ3) is 4.28. The first-order chi connectivity index (χ1) is 8.02. The van der Waals surface area contributed by atoms with Crippen molar-refractivity contribution in [3.63, 3.8) is 0 Å². The van der Waals surface area contributed by atoms with E-state index in [1.165, 1.54) is 64.2 Å². The Morgan fingerprint density at radius 2 is 1.06 bits per heavy atom. The zero-order valence-corrected chi connectivity index (χ0v) is 12.5. The van der Waals surface area contributed by atoms with Crippen molar-refractivity contribution in [1.29, 1.82) is 0 Å². The van der Waals surface area contributed by atoms with Crippen LogP contribution in [0.2, 0.25) is 0 Å². The fraction of sp³-hybridized carbons (Fsp3) is 1.00. The minimum Gasteiger partial charge on any atom is -0.378 e. The Labute approximate surface area is 108 Å². The average Bonchev–Trinajstić information content (AvgIpc) is 2.29. The average molecular weight is 240 g/mol. The van der Waals surface area contributed by atoms with Crippen molar-refractivity contribution in [3.8, 4) is 0 Å². The van der Waals surface area contributed by atoms with Crippen molar-refractivity contribution in [3.05, 3.63) is 0 Å². The molecule has 0 aromatic rings. The summed E-state index contributed by atoms with van der Waals surface area (Å²) in [5.41, 5.74) is 0.368. The molecule has 0 aromatic carbocycles. The molecule has 0 saturated heterocycles. The summed E-state index contributed by atoms with van der Waals surface area (Å²) < 4.78 is 5.90. The Morgan fingerprint density at radius 1 is 0.647 bits per heavy atom. The van der Waals surface area contributed by atoms with Crippen LogP contribution in [0.15, 0.2) is 0 Å². The van der Waals surface area contributed by atoms with Crippen LogP contribution in [0, 0.1) is 5.41 Å². The molecule has 0 bridgehead atoms. The van der Waals surface area contributed by atoms with E-state index in [0.29, 0.717) is 5.41 Å². The van der Waals surface area contributed by atoms with Gasteiger partial charge in [0.2, 0.25) is 0 Å².